The van der Waals surface area contributed by atoms with Gasteiger partial charge in [-0.1, -0.05) is 55.4 Å². The van der Waals surface area contributed by atoms with Crippen molar-refractivity contribution in [3.63, 3.8) is 0 Å². The van der Waals surface area contributed by atoms with Crippen molar-refractivity contribution in [1.29, 1.82) is 0 Å². The van der Waals surface area contributed by atoms with Gasteiger partial charge < -0.3 is 9.73 Å². The molecule has 0 unspecified atom stereocenters. The van der Waals surface area contributed by atoms with Gasteiger partial charge in [0.15, 0.2) is 5.09 Å². The second kappa shape index (κ2) is 10.5. The lowest BCUT2D eigenvalue weighted by Crippen LogP contribution is -2.16. The molecular weight excluding hydrogens is 386 g/mol. The van der Waals surface area contributed by atoms with Crippen LogP contribution in [0.3, 0.4) is 0 Å². The highest BCUT2D eigenvalue weighted by Gasteiger charge is 2.07. The van der Waals surface area contributed by atoms with Gasteiger partial charge in [0, 0.05) is 12.1 Å². The monoisotopic (exact) mass is 409 g/mol. The number of carbonyl (C=O) groups excluding carboxylic acids is 2. The van der Waals surface area contributed by atoms with Crippen molar-refractivity contribution in [2.75, 3.05) is 11.1 Å². The molecule has 0 aliphatic carbocycles. The lowest BCUT2D eigenvalue weighted by atomic mass is 10.1. The third kappa shape index (κ3) is 6.50. The van der Waals surface area contributed by atoms with Crippen LogP contribution in [0, 0.1) is 0 Å². The number of carbonyl (C=O) groups is 2. The van der Waals surface area contributed by atoms with Crippen LogP contribution in [-0.4, -0.2) is 23.8 Å². The Morgan fingerprint density at radius 3 is 2.72 bits per heavy atom. The Kier molecular flexibility index (Phi) is 7.47. The summed E-state index contributed by atoms with van der Waals surface area (Å²) in [5, 5.41) is 9.59. The maximum Gasteiger partial charge on any atom is 0.240 e. The fraction of sp³-hybridized carbons (Fsp3) is 0.227. The molecule has 0 radical (unpaired) electrons. The molecule has 0 saturated heterocycles. The van der Waals surface area contributed by atoms with Gasteiger partial charge in [0.1, 0.15) is 5.76 Å². The maximum absolute atomic E-state index is 12.2. The topological polar surface area (TPSA) is 83.7 Å². The second-order valence-corrected chi connectivity index (χ2v) is 7.43. The van der Waals surface area contributed by atoms with Crippen molar-refractivity contribution in [2.24, 2.45) is 5.10 Å². The summed E-state index contributed by atoms with van der Waals surface area (Å²) in [4.78, 5) is 23.7. The van der Waals surface area contributed by atoms with Crippen LogP contribution in [0.5, 0.6) is 0 Å². The Morgan fingerprint density at radius 1 is 1.07 bits per heavy atom. The van der Waals surface area contributed by atoms with E-state index < -0.39 is 0 Å². The molecule has 0 atom stereocenters. The minimum absolute atomic E-state index is 0.111. The molecule has 0 saturated carbocycles. The smallest absolute Gasteiger partial charge is 0.240 e. The average molecular weight is 410 g/mol. The van der Waals surface area contributed by atoms with Crippen molar-refractivity contribution in [2.45, 2.75) is 31.3 Å². The SMILES string of the molecule is CCCCC(=O)NN=Cc1ccc(SCC(=O)Nc2ccc3ccccc3c2)o1. The number of rotatable bonds is 9. The van der Waals surface area contributed by atoms with Crippen LogP contribution in [0.25, 0.3) is 10.8 Å². The number of hydrogen-bond donors (Lipinski definition) is 2. The van der Waals surface area contributed by atoms with Crippen LogP contribution in [0.2, 0.25) is 0 Å². The van der Waals surface area contributed by atoms with Crippen LogP contribution in [0.4, 0.5) is 5.69 Å². The number of nitrogens with one attached hydrogen (secondary N) is 2. The van der Waals surface area contributed by atoms with Gasteiger partial charge in [0.2, 0.25) is 11.8 Å². The zero-order chi connectivity index (χ0) is 20.5. The van der Waals surface area contributed by atoms with E-state index in [1.807, 2.05) is 49.4 Å². The minimum Gasteiger partial charge on any atom is -0.449 e. The predicted octanol–water partition coefficient (Wildman–Crippen LogP) is 4.80. The highest BCUT2D eigenvalue weighted by molar-refractivity contribution is 7.99. The molecule has 2 amide bonds. The van der Waals surface area contributed by atoms with E-state index in [9.17, 15) is 9.59 Å². The number of fused-ring (bicyclic) bond motifs is 1. The standard InChI is InChI=1S/C22H23N3O3S/c1-2-3-8-20(26)25-23-14-19-11-12-22(28-19)29-15-21(27)24-18-10-9-16-6-4-5-7-17(16)13-18/h4-7,9-14H,2-3,8,15H2,1H3,(H,24,27)(H,25,26). The fourth-order valence-corrected chi connectivity index (χ4v) is 3.31. The summed E-state index contributed by atoms with van der Waals surface area (Å²) in [5.74, 6) is 0.512. The van der Waals surface area contributed by atoms with Gasteiger partial charge in [-0.05, 0) is 41.5 Å². The number of hydrazone groups is 1. The Hall–Kier alpha value is -3.06. The van der Waals surface area contributed by atoms with Crippen LogP contribution in [0.15, 0.2) is 69.2 Å². The molecule has 2 N–H and O–H groups in total. The molecule has 29 heavy (non-hydrogen) atoms. The Labute approximate surface area is 173 Å². The Balaban J connectivity index is 1.46. The highest BCUT2D eigenvalue weighted by Crippen LogP contribution is 2.22. The van der Waals surface area contributed by atoms with Crippen LogP contribution < -0.4 is 10.7 Å². The molecule has 0 aliphatic heterocycles. The number of anilines is 1. The average Bonchev–Trinajstić information content (AvgIpc) is 3.18. The quantitative estimate of drug-likeness (QED) is 0.302. The number of nitrogens with zero attached hydrogens (tertiary/aromatic N) is 1. The van der Waals surface area contributed by atoms with Crippen molar-refractivity contribution < 1.29 is 14.0 Å². The normalized spacial score (nSPS) is 11.1. The first-order valence-corrected chi connectivity index (χ1v) is 10.5. The van der Waals surface area contributed by atoms with E-state index in [1.54, 1.807) is 12.1 Å². The molecule has 1 heterocycles. The van der Waals surface area contributed by atoms with Gasteiger partial charge >= 0.3 is 0 Å². The second-order valence-electron chi connectivity index (χ2n) is 6.45. The van der Waals surface area contributed by atoms with E-state index in [-0.39, 0.29) is 17.6 Å². The molecule has 0 spiro atoms. The number of furan rings is 1. The minimum atomic E-state index is -0.116. The number of hydrogen-bond acceptors (Lipinski definition) is 5. The van der Waals surface area contributed by atoms with E-state index in [0.29, 0.717) is 17.3 Å². The number of unbranched alkanes of at least 4 members (excludes halogenated alkanes) is 1. The summed E-state index contributed by atoms with van der Waals surface area (Å²) >= 11 is 1.30. The lowest BCUT2D eigenvalue weighted by Gasteiger charge is -2.06. The molecule has 0 bridgehead atoms. The summed E-state index contributed by atoms with van der Waals surface area (Å²) < 4.78 is 5.59. The van der Waals surface area contributed by atoms with Crippen LogP contribution in [0.1, 0.15) is 31.9 Å². The molecular formula is C22H23N3O3S. The summed E-state index contributed by atoms with van der Waals surface area (Å²) in [7, 11) is 0. The van der Waals surface area contributed by atoms with Gasteiger partial charge in [-0.3, -0.25) is 9.59 Å². The lowest BCUT2D eigenvalue weighted by molar-refractivity contribution is -0.121. The molecule has 1 aromatic heterocycles. The predicted molar refractivity (Wildman–Crippen MR) is 117 cm³/mol. The molecule has 0 fully saturated rings. The van der Waals surface area contributed by atoms with Crippen molar-refractivity contribution in [3.05, 3.63) is 60.4 Å². The van der Waals surface area contributed by atoms with E-state index in [2.05, 4.69) is 15.8 Å². The number of amides is 2. The summed E-state index contributed by atoms with van der Waals surface area (Å²) in [5.41, 5.74) is 3.23. The molecule has 2 aromatic carbocycles. The van der Waals surface area contributed by atoms with E-state index in [1.165, 1.54) is 18.0 Å². The van der Waals surface area contributed by atoms with E-state index in [4.69, 9.17) is 4.42 Å². The summed E-state index contributed by atoms with van der Waals surface area (Å²) in [6.45, 7) is 2.03. The van der Waals surface area contributed by atoms with Gasteiger partial charge in [-0.25, -0.2) is 5.43 Å². The van der Waals surface area contributed by atoms with Gasteiger partial charge in [-0.2, -0.15) is 5.10 Å². The highest BCUT2D eigenvalue weighted by atomic mass is 32.2. The molecule has 3 aromatic rings. The first kappa shape index (κ1) is 20.7. The number of benzene rings is 2. The first-order valence-electron chi connectivity index (χ1n) is 9.47. The first-order chi connectivity index (χ1) is 14.1. The van der Waals surface area contributed by atoms with Crippen molar-refractivity contribution >= 4 is 46.3 Å². The van der Waals surface area contributed by atoms with Crippen LogP contribution >= 0.6 is 11.8 Å². The largest absolute Gasteiger partial charge is 0.449 e. The third-order valence-electron chi connectivity index (χ3n) is 4.12. The van der Waals surface area contributed by atoms with Crippen molar-refractivity contribution in [3.8, 4) is 0 Å². The number of thioether (sulfide) groups is 1. The molecule has 7 heteroatoms. The summed E-state index contributed by atoms with van der Waals surface area (Å²) in [6, 6.07) is 17.3. The fourth-order valence-electron chi connectivity index (χ4n) is 2.64. The zero-order valence-electron chi connectivity index (χ0n) is 16.2. The van der Waals surface area contributed by atoms with Crippen LogP contribution in [-0.2, 0) is 9.59 Å². The maximum atomic E-state index is 12.2. The molecule has 3 rings (SSSR count). The van der Waals surface area contributed by atoms with E-state index in [0.717, 1.165) is 29.3 Å². The van der Waals surface area contributed by atoms with Gasteiger partial charge in [0.25, 0.3) is 0 Å². The molecule has 0 aliphatic rings. The Bertz CT molecular complexity index is 1010. The zero-order valence-corrected chi connectivity index (χ0v) is 17.0. The third-order valence-corrected chi connectivity index (χ3v) is 5.03. The van der Waals surface area contributed by atoms with E-state index >= 15 is 0 Å². The van der Waals surface area contributed by atoms with Gasteiger partial charge in [0.05, 0.1) is 12.0 Å². The van der Waals surface area contributed by atoms with Gasteiger partial charge in [-0.15, -0.1) is 0 Å². The molecule has 6 nitrogen and oxygen atoms in total. The molecule has 150 valence electrons. The summed E-state index contributed by atoms with van der Waals surface area (Å²) in [6.07, 6.45) is 3.71. The van der Waals surface area contributed by atoms with Crippen molar-refractivity contribution in [1.82, 2.24) is 5.43 Å². The Morgan fingerprint density at radius 2 is 1.90 bits per heavy atom.